The van der Waals surface area contributed by atoms with E-state index in [-0.39, 0.29) is 11.5 Å². The van der Waals surface area contributed by atoms with Crippen molar-refractivity contribution < 1.29 is 38.3 Å². The molecule has 53 heavy (non-hydrogen) atoms. The Labute approximate surface area is 311 Å². The van der Waals surface area contributed by atoms with Gasteiger partial charge in [0.2, 0.25) is 24.3 Å². The van der Waals surface area contributed by atoms with Crippen molar-refractivity contribution in [2.45, 2.75) is 58.2 Å². The van der Waals surface area contributed by atoms with E-state index >= 15 is 0 Å². The molecule has 15 nitrogen and oxygen atoms in total. The summed E-state index contributed by atoms with van der Waals surface area (Å²) in [6, 6.07) is 20.4. The van der Waals surface area contributed by atoms with Gasteiger partial charge < -0.3 is 38.2 Å². The smallest absolute Gasteiger partial charge is 0.235 e. The van der Waals surface area contributed by atoms with Gasteiger partial charge in [0.1, 0.15) is 18.6 Å². The van der Waals surface area contributed by atoms with Gasteiger partial charge in [-0.05, 0) is 11.1 Å². The molecule has 2 atom stereocenters. The maximum absolute atomic E-state index is 11.3. The SMILES string of the molecule is CC#N.CC1(C)OC=C(N2CCOCC2)C([C@@H](C[N+](=O)[O-])c2ccccc2)O1.CC1(C)OC=C(N2CCOCC2)CO1.O=[N+]([O-])/C=C/c1ccccc1. The molecule has 6 rings (SSSR count). The van der Waals surface area contributed by atoms with Gasteiger partial charge >= 0.3 is 0 Å². The minimum atomic E-state index is -0.829. The van der Waals surface area contributed by atoms with Gasteiger partial charge in [-0.2, -0.15) is 5.26 Å². The standard InChI is InChI=1S/C18H24N2O5.C10H17NO3.C8H7NO2.C2H3N/c1-18(2)24-13-16(19-8-10-23-11-9-19)17(25-18)15(12-20(21)22)14-6-4-3-5-7-14;1-10(2)13-7-9(8-14-10)11-3-5-12-6-4-11;10-9(11)7-6-8-4-2-1-3-5-8;1-2-3/h3-7,13,15,17H,8-12H2,1-2H3;7H,3-6,8H2,1-2H3;1-7H;1H3/b;;7-6+;/t15-,17?;;;/m0.../s1. The highest BCUT2D eigenvalue weighted by Crippen LogP contribution is 2.36. The number of nitro groups is 2. The Hall–Kier alpha value is -5.01. The van der Waals surface area contributed by atoms with Crippen LogP contribution in [-0.2, 0) is 28.4 Å². The molecule has 1 unspecified atom stereocenters. The number of benzene rings is 2. The van der Waals surface area contributed by atoms with Crippen molar-refractivity contribution >= 4 is 6.08 Å². The zero-order chi connectivity index (χ0) is 38.7. The molecule has 15 heteroatoms. The van der Waals surface area contributed by atoms with Crippen molar-refractivity contribution in [1.29, 1.82) is 5.26 Å². The average Bonchev–Trinajstić information content (AvgIpc) is 3.15. The van der Waals surface area contributed by atoms with Gasteiger partial charge in [-0.25, -0.2) is 0 Å². The maximum Gasteiger partial charge on any atom is 0.235 e. The van der Waals surface area contributed by atoms with E-state index in [1.165, 1.54) is 13.0 Å². The summed E-state index contributed by atoms with van der Waals surface area (Å²) in [4.78, 5) is 24.9. The van der Waals surface area contributed by atoms with Crippen molar-refractivity contribution in [3.63, 3.8) is 0 Å². The van der Waals surface area contributed by atoms with Crippen molar-refractivity contribution in [3.8, 4) is 6.07 Å². The summed E-state index contributed by atoms with van der Waals surface area (Å²) in [5, 5.41) is 28.5. The zero-order valence-electron chi connectivity index (χ0n) is 31.1. The normalized spacial score (nSPS) is 20.7. The largest absolute Gasteiger partial charge is 0.469 e. The second-order valence-corrected chi connectivity index (χ2v) is 13.0. The van der Waals surface area contributed by atoms with E-state index in [0.29, 0.717) is 19.8 Å². The molecule has 4 heterocycles. The monoisotopic (exact) mass is 737 g/mol. The molecular formula is C38H51N5O10. The fourth-order valence-corrected chi connectivity index (χ4v) is 5.52. The lowest BCUT2D eigenvalue weighted by Crippen LogP contribution is -2.48. The van der Waals surface area contributed by atoms with Gasteiger partial charge in [-0.1, -0.05) is 60.7 Å². The molecular weight excluding hydrogens is 686 g/mol. The van der Waals surface area contributed by atoms with E-state index in [1.54, 1.807) is 24.5 Å². The van der Waals surface area contributed by atoms with E-state index in [2.05, 4.69) is 9.80 Å². The minimum absolute atomic E-state index is 0.202. The number of nitrogens with zero attached hydrogens (tertiary/aromatic N) is 5. The fraction of sp³-hybridized carbons (Fsp3) is 0.500. The number of nitriles is 1. The number of hydrogen-bond donors (Lipinski definition) is 0. The lowest BCUT2D eigenvalue weighted by Gasteiger charge is -2.43. The molecule has 2 saturated heterocycles. The van der Waals surface area contributed by atoms with E-state index in [1.807, 2.05) is 82.5 Å². The summed E-state index contributed by atoms with van der Waals surface area (Å²) in [6.45, 7) is 15.5. The van der Waals surface area contributed by atoms with Crippen LogP contribution < -0.4 is 0 Å². The van der Waals surface area contributed by atoms with E-state index < -0.39 is 28.5 Å². The first-order valence-corrected chi connectivity index (χ1v) is 17.4. The molecule has 0 N–H and O–H groups in total. The number of ether oxygens (including phenoxy) is 6. The molecule has 2 aromatic rings. The lowest BCUT2D eigenvalue weighted by molar-refractivity contribution is -0.486. The molecule has 0 aliphatic carbocycles. The summed E-state index contributed by atoms with van der Waals surface area (Å²) in [6.07, 6.45) is 5.45. The summed E-state index contributed by atoms with van der Waals surface area (Å²) in [7, 11) is 0. The van der Waals surface area contributed by atoms with Gasteiger partial charge in [0.15, 0.2) is 0 Å². The van der Waals surface area contributed by atoms with Crippen LogP contribution in [0.15, 0.2) is 90.8 Å². The molecule has 0 bridgehead atoms. The molecule has 2 aromatic carbocycles. The molecule has 0 spiro atoms. The van der Waals surface area contributed by atoms with Crippen LogP contribution in [0.1, 0.15) is 51.7 Å². The quantitative estimate of drug-likeness (QED) is 0.236. The van der Waals surface area contributed by atoms with Gasteiger partial charge in [0.05, 0.1) is 61.3 Å². The zero-order valence-corrected chi connectivity index (χ0v) is 31.1. The predicted molar refractivity (Wildman–Crippen MR) is 197 cm³/mol. The number of rotatable bonds is 8. The Balaban J connectivity index is 0.000000227. The van der Waals surface area contributed by atoms with Gasteiger partial charge in [0.25, 0.3) is 0 Å². The maximum atomic E-state index is 11.3. The first-order chi connectivity index (χ1) is 25.3. The molecule has 288 valence electrons. The third-order valence-corrected chi connectivity index (χ3v) is 8.13. The Morgan fingerprint density at radius 2 is 1.38 bits per heavy atom. The second kappa shape index (κ2) is 21.5. The summed E-state index contributed by atoms with van der Waals surface area (Å²) in [5.74, 6) is -1.70. The van der Waals surface area contributed by atoms with E-state index in [0.717, 1.165) is 68.1 Å². The fourth-order valence-electron chi connectivity index (χ4n) is 5.52. The molecule has 0 amide bonds. The molecule has 0 aromatic heterocycles. The van der Waals surface area contributed by atoms with Crippen LogP contribution in [0, 0.1) is 31.6 Å². The Morgan fingerprint density at radius 1 is 0.849 bits per heavy atom. The van der Waals surface area contributed by atoms with Crippen LogP contribution in [0.5, 0.6) is 0 Å². The van der Waals surface area contributed by atoms with Crippen molar-refractivity contribution in [2.75, 3.05) is 65.8 Å². The van der Waals surface area contributed by atoms with Crippen molar-refractivity contribution in [3.05, 3.63) is 122 Å². The van der Waals surface area contributed by atoms with Gasteiger partial charge in [-0.15, -0.1) is 0 Å². The molecule has 0 radical (unpaired) electrons. The second-order valence-electron chi connectivity index (χ2n) is 13.0. The number of morpholine rings is 2. The molecule has 2 fully saturated rings. The van der Waals surface area contributed by atoms with E-state index in [9.17, 15) is 20.2 Å². The highest BCUT2D eigenvalue weighted by atomic mass is 16.7. The highest BCUT2D eigenvalue weighted by Gasteiger charge is 2.42. The van der Waals surface area contributed by atoms with Crippen LogP contribution in [0.25, 0.3) is 6.08 Å². The molecule has 4 aliphatic rings. The van der Waals surface area contributed by atoms with Crippen molar-refractivity contribution in [2.24, 2.45) is 0 Å². The van der Waals surface area contributed by atoms with E-state index in [4.69, 9.17) is 33.7 Å². The summed E-state index contributed by atoms with van der Waals surface area (Å²) in [5.41, 5.74) is 3.69. The predicted octanol–water partition coefficient (Wildman–Crippen LogP) is 5.78. The Kier molecular flexibility index (Phi) is 17.2. The van der Waals surface area contributed by atoms with Crippen LogP contribution in [0.4, 0.5) is 0 Å². The topological polar surface area (TPSA) is 172 Å². The first-order valence-electron chi connectivity index (χ1n) is 17.4. The van der Waals surface area contributed by atoms with Crippen LogP contribution in [0.2, 0.25) is 0 Å². The average molecular weight is 738 g/mol. The third kappa shape index (κ3) is 15.2. The first kappa shape index (κ1) is 42.4. The molecule has 0 saturated carbocycles. The Morgan fingerprint density at radius 3 is 1.89 bits per heavy atom. The number of hydrogen-bond acceptors (Lipinski definition) is 13. The summed E-state index contributed by atoms with van der Waals surface area (Å²) < 4.78 is 33.6. The van der Waals surface area contributed by atoms with Crippen LogP contribution >= 0.6 is 0 Å². The van der Waals surface area contributed by atoms with Gasteiger partial charge in [-0.3, -0.25) is 20.2 Å². The minimum Gasteiger partial charge on any atom is -0.469 e. The van der Waals surface area contributed by atoms with Crippen molar-refractivity contribution in [1.82, 2.24) is 9.80 Å². The summed E-state index contributed by atoms with van der Waals surface area (Å²) >= 11 is 0. The van der Waals surface area contributed by atoms with Gasteiger partial charge in [0, 0.05) is 71.8 Å². The highest BCUT2D eigenvalue weighted by molar-refractivity contribution is 5.47. The molecule has 4 aliphatic heterocycles. The lowest BCUT2D eigenvalue weighted by atomic mass is 9.90. The Bertz CT molecular complexity index is 1550. The van der Waals surface area contributed by atoms with Crippen LogP contribution in [-0.4, -0.2) is 103 Å². The third-order valence-electron chi connectivity index (χ3n) is 8.13. The van der Waals surface area contributed by atoms with Crippen LogP contribution in [0.3, 0.4) is 0 Å².